The molecule has 0 amide bonds. The van der Waals surface area contributed by atoms with Crippen LogP contribution in [-0.4, -0.2) is 4.98 Å². The summed E-state index contributed by atoms with van der Waals surface area (Å²) in [5.41, 5.74) is 7.39. The summed E-state index contributed by atoms with van der Waals surface area (Å²) in [6.45, 7) is 0. The Morgan fingerprint density at radius 2 is 1.78 bits per heavy atom. The summed E-state index contributed by atoms with van der Waals surface area (Å²) in [7, 11) is 0. The van der Waals surface area contributed by atoms with Gasteiger partial charge in [0.15, 0.2) is 0 Å². The summed E-state index contributed by atoms with van der Waals surface area (Å²) in [4.78, 5) is 7.22. The fraction of sp³-hybridized carbons (Fsp3) is 0.0800. The van der Waals surface area contributed by atoms with Crippen LogP contribution in [0.2, 0.25) is 0 Å². The normalized spacial score (nSPS) is 12.4. The van der Waals surface area contributed by atoms with Gasteiger partial charge in [0.1, 0.15) is 0 Å². The summed E-state index contributed by atoms with van der Waals surface area (Å²) in [5.74, 6) is 0. The zero-order valence-electron chi connectivity index (χ0n) is 14.8. The molecule has 0 N–H and O–H groups in total. The van der Waals surface area contributed by atoms with E-state index in [0.717, 1.165) is 24.1 Å². The molecule has 2 heteroatoms. The van der Waals surface area contributed by atoms with E-state index in [0.29, 0.717) is 0 Å². The van der Waals surface area contributed by atoms with Gasteiger partial charge in [0.25, 0.3) is 0 Å². The fourth-order valence-corrected chi connectivity index (χ4v) is 5.02. The van der Waals surface area contributed by atoms with Crippen LogP contribution in [0.25, 0.3) is 38.2 Å². The SMILES string of the molecule is c1cccc(-c2ccccc2-c2sc(-c3ccccn3)c3c2CCC=C3)c#1. The third-order valence-corrected chi connectivity index (χ3v) is 6.21. The summed E-state index contributed by atoms with van der Waals surface area (Å²) in [6, 6.07) is 27.1. The van der Waals surface area contributed by atoms with Crippen LogP contribution >= 0.6 is 11.3 Å². The van der Waals surface area contributed by atoms with Crippen molar-refractivity contribution in [2.75, 3.05) is 0 Å². The quantitative estimate of drug-likeness (QED) is 0.394. The molecule has 2 aromatic carbocycles. The standard InChI is InChI=1S/C25H17NS/c1-2-10-18(11-3-1)19-12-4-5-13-20(19)24-21-14-6-7-15-22(21)25(27-24)23-16-8-9-17-26-23/h1-2,4-5,7-10,12-13,15-17H,6,14H2. The minimum Gasteiger partial charge on any atom is -0.255 e. The van der Waals surface area contributed by atoms with E-state index >= 15 is 0 Å². The molecule has 0 saturated carbocycles. The first-order chi connectivity index (χ1) is 13.4. The number of pyridine rings is 1. The predicted molar refractivity (Wildman–Crippen MR) is 113 cm³/mol. The molecular weight excluding hydrogens is 346 g/mol. The van der Waals surface area contributed by atoms with Crippen molar-refractivity contribution in [3.8, 4) is 32.1 Å². The van der Waals surface area contributed by atoms with Crippen LogP contribution in [0.3, 0.4) is 0 Å². The van der Waals surface area contributed by atoms with Crippen LogP contribution in [0.1, 0.15) is 17.5 Å². The molecule has 2 heterocycles. The number of benzene rings is 1. The Labute approximate surface area is 163 Å². The highest BCUT2D eigenvalue weighted by atomic mass is 32.1. The molecule has 0 fully saturated rings. The number of thiophene rings is 1. The van der Waals surface area contributed by atoms with Gasteiger partial charge in [0.2, 0.25) is 0 Å². The molecule has 27 heavy (non-hydrogen) atoms. The van der Waals surface area contributed by atoms with Crippen LogP contribution in [0.5, 0.6) is 0 Å². The lowest BCUT2D eigenvalue weighted by Gasteiger charge is -2.12. The van der Waals surface area contributed by atoms with Crippen LogP contribution < -0.4 is 0 Å². The molecule has 0 saturated heterocycles. The predicted octanol–water partition coefficient (Wildman–Crippen LogP) is 6.70. The third kappa shape index (κ3) is 2.87. The maximum Gasteiger partial charge on any atom is 0.0808 e. The number of fused-ring (bicyclic) bond motifs is 1. The molecule has 1 nitrogen and oxygen atoms in total. The van der Waals surface area contributed by atoms with Crippen molar-refractivity contribution in [1.29, 1.82) is 0 Å². The van der Waals surface area contributed by atoms with E-state index in [1.54, 1.807) is 0 Å². The van der Waals surface area contributed by atoms with Gasteiger partial charge in [-0.25, -0.2) is 0 Å². The zero-order chi connectivity index (χ0) is 18.1. The Hall–Kier alpha value is -3.15. The fourth-order valence-electron chi connectivity index (χ4n) is 3.66. The average molecular weight is 363 g/mol. The van der Waals surface area contributed by atoms with Gasteiger partial charge in [-0.2, -0.15) is 0 Å². The first-order valence-corrected chi connectivity index (χ1v) is 9.95. The minimum atomic E-state index is 1.05. The van der Waals surface area contributed by atoms with Crippen molar-refractivity contribution >= 4 is 17.4 Å². The minimum absolute atomic E-state index is 1.05. The topological polar surface area (TPSA) is 12.9 Å². The molecule has 0 unspecified atom stereocenters. The summed E-state index contributed by atoms with van der Waals surface area (Å²) < 4.78 is 0. The molecule has 0 aliphatic heterocycles. The van der Waals surface area contributed by atoms with Gasteiger partial charge in [-0.15, -0.1) is 11.3 Å². The first-order valence-electron chi connectivity index (χ1n) is 9.13. The second-order valence-electron chi connectivity index (χ2n) is 6.56. The maximum absolute atomic E-state index is 4.61. The van der Waals surface area contributed by atoms with Gasteiger partial charge in [-0.1, -0.05) is 60.7 Å². The highest BCUT2D eigenvalue weighted by Crippen LogP contribution is 2.46. The molecule has 0 bridgehead atoms. The Morgan fingerprint density at radius 1 is 0.889 bits per heavy atom. The lowest BCUT2D eigenvalue weighted by atomic mass is 9.92. The van der Waals surface area contributed by atoms with E-state index in [9.17, 15) is 0 Å². The van der Waals surface area contributed by atoms with Gasteiger partial charge in [-0.05, 0) is 53.8 Å². The third-order valence-electron chi connectivity index (χ3n) is 4.90. The van der Waals surface area contributed by atoms with Gasteiger partial charge < -0.3 is 0 Å². The van der Waals surface area contributed by atoms with Crippen molar-refractivity contribution in [2.24, 2.45) is 0 Å². The molecule has 2 aromatic heterocycles. The largest absolute Gasteiger partial charge is 0.255 e. The van der Waals surface area contributed by atoms with Crippen LogP contribution in [0.4, 0.5) is 0 Å². The van der Waals surface area contributed by atoms with Gasteiger partial charge in [-0.3, -0.25) is 4.98 Å². The summed E-state index contributed by atoms with van der Waals surface area (Å²) in [5, 5.41) is 0. The Balaban J connectivity index is 1.74. The monoisotopic (exact) mass is 363 g/mol. The zero-order valence-corrected chi connectivity index (χ0v) is 15.6. The van der Waals surface area contributed by atoms with E-state index in [-0.39, 0.29) is 0 Å². The lowest BCUT2D eigenvalue weighted by molar-refractivity contribution is 0.996. The second kappa shape index (κ2) is 6.87. The van der Waals surface area contributed by atoms with E-state index in [4.69, 9.17) is 0 Å². The number of hydrogen-bond donors (Lipinski definition) is 0. The number of allylic oxidation sites excluding steroid dienone is 1. The van der Waals surface area contributed by atoms with Gasteiger partial charge in [0.05, 0.1) is 10.6 Å². The molecule has 0 spiro atoms. The molecule has 128 valence electrons. The number of nitrogens with zero attached hydrogens (tertiary/aromatic N) is 1. The molecule has 0 radical (unpaired) electrons. The number of aromatic nitrogens is 1. The summed E-state index contributed by atoms with van der Waals surface area (Å²) >= 11 is 1.85. The maximum atomic E-state index is 4.61. The number of hydrogen-bond acceptors (Lipinski definition) is 2. The summed E-state index contributed by atoms with van der Waals surface area (Å²) in [6.07, 6.45) is 8.58. The van der Waals surface area contributed by atoms with Crippen LogP contribution in [0, 0.1) is 12.1 Å². The smallest absolute Gasteiger partial charge is 0.0808 e. The van der Waals surface area contributed by atoms with Crippen molar-refractivity contribution in [3.05, 3.63) is 96.2 Å². The molecule has 4 aromatic rings. The molecule has 1 aliphatic carbocycles. The lowest BCUT2D eigenvalue weighted by Crippen LogP contribution is -1.94. The van der Waals surface area contributed by atoms with Gasteiger partial charge >= 0.3 is 0 Å². The Kier molecular flexibility index (Phi) is 4.08. The van der Waals surface area contributed by atoms with E-state index in [1.807, 2.05) is 35.7 Å². The van der Waals surface area contributed by atoms with Crippen LogP contribution in [0.15, 0.2) is 72.9 Å². The molecular formula is C25H17NS. The van der Waals surface area contributed by atoms with Crippen molar-refractivity contribution in [2.45, 2.75) is 12.8 Å². The average Bonchev–Trinajstić information content (AvgIpc) is 3.15. The van der Waals surface area contributed by atoms with Crippen molar-refractivity contribution in [1.82, 2.24) is 4.98 Å². The van der Waals surface area contributed by atoms with E-state index < -0.39 is 0 Å². The Bertz CT molecular complexity index is 1110. The molecule has 1 aliphatic rings. The Morgan fingerprint density at radius 3 is 2.59 bits per heavy atom. The first kappa shape index (κ1) is 16.1. The van der Waals surface area contributed by atoms with Crippen molar-refractivity contribution < 1.29 is 0 Å². The van der Waals surface area contributed by atoms with Crippen LogP contribution in [-0.2, 0) is 6.42 Å². The highest BCUT2D eigenvalue weighted by molar-refractivity contribution is 7.19. The van der Waals surface area contributed by atoms with E-state index in [1.165, 1.54) is 32.0 Å². The number of rotatable bonds is 3. The molecule has 0 atom stereocenters. The van der Waals surface area contributed by atoms with E-state index in [2.05, 4.69) is 71.7 Å². The molecule has 5 rings (SSSR count). The van der Waals surface area contributed by atoms with Crippen molar-refractivity contribution in [3.63, 3.8) is 0 Å². The second-order valence-corrected chi connectivity index (χ2v) is 7.58. The highest BCUT2D eigenvalue weighted by Gasteiger charge is 2.22. The van der Waals surface area contributed by atoms with Gasteiger partial charge in [0, 0.05) is 22.2 Å².